The van der Waals surface area contributed by atoms with Crippen molar-refractivity contribution in [3.63, 3.8) is 0 Å². The molecular weight excluding hydrogens is 280 g/mol. The lowest BCUT2D eigenvalue weighted by Gasteiger charge is -2.31. The molecule has 0 bridgehead atoms. The van der Waals surface area contributed by atoms with Gasteiger partial charge in [-0.2, -0.15) is 5.26 Å². The SMILES string of the molecule is CC1CCN(CC(O)CNC(=O)c2cc(C#N)cn2C)CC1. The van der Waals surface area contributed by atoms with E-state index in [2.05, 4.69) is 17.1 Å². The van der Waals surface area contributed by atoms with Crippen LogP contribution in [0.5, 0.6) is 0 Å². The Kier molecular flexibility index (Phi) is 5.58. The van der Waals surface area contributed by atoms with Crippen LogP contribution in [0.3, 0.4) is 0 Å². The van der Waals surface area contributed by atoms with Crippen LogP contribution in [0.25, 0.3) is 0 Å². The average molecular weight is 304 g/mol. The van der Waals surface area contributed by atoms with Gasteiger partial charge in [-0.25, -0.2) is 0 Å². The maximum atomic E-state index is 12.1. The molecule has 1 aliphatic rings. The Labute approximate surface area is 131 Å². The van der Waals surface area contributed by atoms with Crippen LogP contribution in [-0.4, -0.2) is 52.8 Å². The molecule has 0 aromatic carbocycles. The number of nitriles is 1. The number of nitrogens with one attached hydrogen (secondary N) is 1. The van der Waals surface area contributed by atoms with Gasteiger partial charge in [-0.3, -0.25) is 4.79 Å². The number of carbonyl (C=O) groups excluding carboxylic acids is 1. The third-order valence-electron chi connectivity index (χ3n) is 4.21. The zero-order chi connectivity index (χ0) is 16.1. The summed E-state index contributed by atoms with van der Waals surface area (Å²) in [5, 5.41) is 21.6. The number of nitrogens with zero attached hydrogens (tertiary/aromatic N) is 3. The Bertz CT molecular complexity index is 553. The van der Waals surface area contributed by atoms with Gasteiger partial charge in [-0.15, -0.1) is 0 Å². The van der Waals surface area contributed by atoms with Crippen LogP contribution in [-0.2, 0) is 7.05 Å². The minimum absolute atomic E-state index is 0.220. The largest absolute Gasteiger partial charge is 0.390 e. The van der Waals surface area contributed by atoms with E-state index in [1.807, 2.05) is 6.07 Å². The molecule has 1 unspecified atom stereocenters. The molecule has 1 aromatic heterocycles. The molecule has 6 nitrogen and oxygen atoms in total. The van der Waals surface area contributed by atoms with Crippen LogP contribution >= 0.6 is 0 Å². The highest BCUT2D eigenvalue weighted by Gasteiger charge is 2.19. The van der Waals surface area contributed by atoms with E-state index in [1.165, 1.54) is 12.8 Å². The number of β-amino-alcohol motifs (C(OH)–C–C–N with tert-alkyl or cyclic N) is 1. The van der Waals surface area contributed by atoms with Gasteiger partial charge in [-0.05, 0) is 37.9 Å². The molecule has 1 fully saturated rings. The molecule has 1 aliphatic heterocycles. The number of aromatic nitrogens is 1. The number of hydrogen-bond donors (Lipinski definition) is 2. The fourth-order valence-corrected chi connectivity index (χ4v) is 2.76. The van der Waals surface area contributed by atoms with Crippen LogP contribution in [0, 0.1) is 17.2 Å². The summed E-state index contributed by atoms with van der Waals surface area (Å²) in [6, 6.07) is 3.56. The Hall–Kier alpha value is -1.84. The van der Waals surface area contributed by atoms with Gasteiger partial charge in [0.1, 0.15) is 11.8 Å². The molecule has 2 rings (SSSR count). The maximum Gasteiger partial charge on any atom is 0.268 e. The number of aliphatic hydroxyl groups excluding tert-OH is 1. The van der Waals surface area contributed by atoms with Crippen LogP contribution in [0.1, 0.15) is 35.8 Å². The van der Waals surface area contributed by atoms with Crippen LogP contribution in [0.4, 0.5) is 0 Å². The summed E-state index contributed by atoms with van der Waals surface area (Å²) < 4.78 is 1.62. The molecule has 2 N–H and O–H groups in total. The van der Waals surface area contributed by atoms with Crippen LogP contribution in [0.15, 0.2) is 12.3 Å². The maximum absolute atomic E-state index is 12.1. The molecule has 1 saturated heterocycles. The van der Waals surface area contributed by atoms with Gasteiger partial charge >= 0.3 is 0 Å². The van der Waals surface area contributed by atoms with Crippen molar-refractivity contribution >= 4 is 5.91 Å². The number of likely N-dealkylation sites (tertiary alicyclic amines) is 1. The molecule has 1 amide bonds. The first kappa shape index (κ1) is 16.5. The zero-order valence-corrected chi connectivity index (χ0v) is 13.2. The van der Waals surface area contributed by atoms with E-state index in [-0.39, 0.29) is 12.5 Å². The average Bonchev–Trinajstić information content (AvgIpc) is 2.88. The highest BCUT2D eigenvalue weighted by atomic mass is 16.3. The van der Waals surface area contributed by atoms with Gasteiger partial charge < -0.3 is 19.9 Å². The normalized spacial score (nSPS) is 17.9. The van der Waals surface area contributed by atoms with Crippen molar-refractivity contribution in [3.05, 3.63) is 23.5 Å². The predicted molar refractivity (Wildman–Crippen MR) is 83.3 cm³/mol. The van der Waals surface area contributed by atoms with Crippen molar-refractivity contribution in [2.45, 2.75) is 25.9 Å². The summed E-state index contributed by atoms with van der Waals surface area (Å²) in [4.78, 5) is 14.3. The van der Waals surface area contributed by atoms with Crippen molar-refractivity contribution in [3.8, 4) is 6.07 Å². The molecule has 0 saturated carbocycles. The van der Waals surface area contributed by atoms with E-state index >= 15 is 0 Å². The number of aryl methyl sites for hydroxylation is 1. The third-order valence-corrected chi connectivity index (χ3v) is 4.21. The lowest BCUT2D eigenvalue weighted by Crippen LogP contribution is -2.43. The van der Waals surface area contributed by atoms with Gasteiger partial charge in [0.2, 0.25) is 0 Å². The van der Waals surface area contributed by atoms with Gasteiger partial charge in [-0.1, -0.05) is 6.92 Å². The standard InChI is InChI=1S/C16H24N4O2/c1-12-3-5-20(6-4-12)11-14(21)9-18-16(22)15-7-13(8-17)10-19(15)2/h7,10,12,14,21H,3-6,9,11H2,1-2H3,(H,18,22). The van der Waals surface area contributed by atoms with Crippen molar-refractivity contribution < 1.29 is 9.90 Å². The van der Waals surface area contributed by atoms with E-state index in [0.717, 1.165) is 19.0 Å². The summed E-state index contributed by atoms with van der Waals surface area (Å²) in [5.74, 6) is 0.495. The summed E-state index contributed by atoms with van der Waals surface area (Å²) in [6.45, 7) is 5.08. The van der Waals surface area contributed by atoms with Gasteiger partial charge in [0.05, 0.1) is 11.7 Å². The smallest absolute Gasteiger partial charge is 0.268 e. The van der Waals surface area contributed by atoms with Crippen molar-refractivity contribution in [1.29, 1.82) is 5.26 Å². The minimum Gasteiger partial charge on any atom is -0.390 e. The first-order chi connectivity index (χ1) is 10.5. The highest BCUT2D eigenvalue weighted by Crippen LogP contribution is 2.15. The Morgan fingerprint density at radius 2 is 2.23 bits per heavy atom. The fraction of sp³-hybridized carbons (Fsp3) is 0.625. The third kappa shape index (κ3) is 4.33. The number of carbonyl (C=O) groups is 1. The summed E-state index contributed by atoms with van der Waals surface area (Å²) >= 11 is 0. The Morgan fingerprint density at radius 3 is 2.82 bits per heavy atom. The first-order valence-electron chi connectivity index (χ1n) is 7.74. The Morgan fingerprint density at radius 1 is 1.55 bits per heavy atom. The second kappa shape index (κ2) is 7.43. The van der Waals surface area contributed by atoms with Crippen molar-refractivity contribution in [1.82, 2.24) is 14.8 Å². The van der Waals surface area contributed by atoms with E-state index in [9.17, 15) is 9.90 Å². The quantitative estimate of drug-likeness (QED) is 0.840. The number of piperidine rings is 1. The van der Waals surface area contributed by atoms with Gasteiger partial charge in [0.25, 0.3) is 5.91 Å². The zero-order valence-electron chi connectivity index (χ0n) is 13.2. The molecule has 1 aromatic rings. The molecule has 0 radical (unpaired) electrons. The second-order valence-electron chi connectivity index (χ2n) is 6.18. The molecule has 6 heteroatoms. The number of aliphatic hydroxyl groups is 1. The van der Waals surface area contributed by atoms with Crippen LogP contribution < -0.4 is 5.32 Å². The van der Waals surface area contributed by atoms with Gasteiger partial charge in [0.15, 0.2) is 0 Å². The Balaban J connectivity index is 1.78. The first-order valence-corrected chi connectivity index (χ1v) is 7.74. The number of amides is 1. The lowest BCUT2D eigenvalue weighted by atomic mass is 9.99. The fourth-order valence-electron chi connectivity index (χ4n) is 2.76. The monoisotopic (exact) mass is 304 g/mol. The van der Waals surface area contributed by atoms with Crippen molar-refractivity contribution in [2.24, 2.45) is 13.0 Å². The molecule has 2 heterocycles. The van der Waals surface area contributed by atoms with E-state index < -0.39 is 6.10 Å². The highest BCUT2D eigenvalue weighted by molar-refractivity contribution is 5.93. The minimum atomic E-state index is -0.576. The lowest BCUT2D eigenvalue weighted by molar-refractivity contribution is 0.0791. The molecule has 1 atom stereocenters. The van der Waals surface area contributed by atoms with Gasteiger partial charge in [0, 0.05) is 26.3 Å². The van der Waals surface area contributed by atoms with E-state index in [4.69, 9.17) is 5.26 Å². The van der Waals surface area contributed by atoms with Crippen molar-refractivity contribution in [2.75, 3.05) is 26.2 Å². The van der Waals surface area contributed by atoms with E-state index in [1.54, 1.807) is 23.9 Å². The summed E-state index contributed by atoms with van der Waals surface area (Å²) in [5.41, 5.74) is 0.881. The molecule has 120 valence electrons. The van der Waals surface area contributed by atoms with Crippen LogP contribution in [0.2, 0.25) is 0 Å². The molecular formula is C16H24N4O2. The number of hydrogen-bond acceptors (Lipinski definition) is 4. The second-order valence-corrected chi connectivity index (χ2v) is 6.18. The molecule has 0 aliphatic carbocycles. The van der Waals surface area contributed by atoms with E-state index in [0.29, 0.717) is 17.8 Å². The molecule has 22 heavy (non-hydrogen) atoms. The summed E-state index contributed by atoms with van der Waals surface area (Å²) in [7, 11) is 1.72. The number of rotatable bonds is 5. The summed E-state index contributed by atoms with van der Waals surface area (Å²) in [6.07, 6.45) is 3.37. The topological polar surface area (TPSA) is 81.3 Å². The molecule has 0 spiro atoms. The predicted octanol–water partition coefficient (Wildman–Crippen LogP) is 0.719.